The van der Waals surface area contributed by atoms with E-state index in [9.17, 15) is 18.0 Å². The Morgan fingerprint density at radius 3 is 2.09 bits per heavy atom. The van der Waals surface area contributed by atoms with Gasteiger partial charge in [-0.3, -0.25) is 0 Å². The van der Waals surface area contributed by atoms with E-state index in [2.05, 4.69) is 0 Å². The van der Waals surface area contributed by atoms with Crippen molar-refractivity contribution in [2.24, 2.45) is 0 Å². The first-order valence-corrected chi connectivity index (χ1v) is 9.73. The van der Waals surface area contributed by atoms with Crippen molar-refractivity contribution in [3.63, 3.8) is 0 Å². The molecule has 2 aromatic carbocycles. The van der Waals surface area contributed by atoms with Crippen molar-refractivity contribution in [3.8, 4) is 5.75 Å². The molecule has 2 rings (SSSR count). The fraction of sp³-hybridized carbons (Fsp3) is 0.188. The van der Waals surface area contributed by atoms with Crippen LogP contribution in [0.2, 0.25) is 0 Å². The fourth-order valence-corrected chi connectivity index (χ4v) is 5.63. The second kappa shape index (κ2) is 7.67. The maximum absolute atomic E-state index is 12.5. The van der Waals surface area contributed by atoms with Gasteiger partial charge < -0.3 is 4.74 Å². The summed E-state index contributed by atoms with van der Waals surface area (Å²) in [5.74, 6) is -1.54. The molecule has 0 aliphatic rings. The number of benzene rings is 2. The minimum absolute atomic E-state index is 0.489. The van der Waals surface area contributed by atoms with Crippen molar-refractivity contribution >= 4 is 5.97 Å². The van der Waals surface area contributed by atoms with Gasteiger partial charge in [-0.25, -0.2) is 7.86 Å². The Balaban J connectivity index is 2.32. The van der Waals surface area contributed by atoms with Crippen LogP contribution in [-0.2, 0) is 7.86 Å². The number of alkyl halides is 3. The summed E-state index contributed by atoms with van der Waals surface area (Å²) in [6.07, 6.45) is -5.00. The van der Waals surface area contributed by atoms with E-state index in [0.717, 1.165) is 0 Å². The highest BCUT2D eigenvalue weighted by molar-refractivity contribution is 5.74. The van der Waals surface area contributed by atoms with Crippen LogP contribution in [0.25, 0.3) is 0 Å². The summed E-state index contributed by atoms with van der Waals surface area (Å²) in [4.78, 5) is 11.3. The Labute approximate surface area is 139 Å². The lowest BCUT2D eigenvalue weighted by Gasteiger charge is -2.07. The third kappa shape index (κ3) is 4.85. The predicted octanol–water partition coefficient (Wildman–Crippen LogP) is 0.770. The van der Waals surface area contributed by atoms with E-state index in [1.165, 1.54) is 0 Å². The average molecular weight is 438 g/mol. The molecule has 0 unspecified atom stereocenters. The second-order valence-electron chi connectivity index (χ2n) is 4.29. The van der Waals surface area contributed by atoms with E-state index in [0.29, 0.717) is 19.5 Å². The van der Waals surface area contributed by atoms with Crippen molar-refractivity contribution in [1.29, 1.82) is 0 Å². The molecular formula is C16H14F3IO3+. The number of hydrogen-bond acceptors (Lipinski definition) is 3. The molecule has 0 atom stereocenters. The molecule has 0 fully saturated rings. The fourth-order valence-electron chi connectivity index (χ4n) is 1.67. The Morgan fingerprint density at radius 2 is 1.57 bits per heavy atom. The van der Waals surface area contributed by atoms with Crippen molar-refractivity contribution in [2.75, 3.05) is 6.61 Å². The van der Waals surface area contributed by atoms with Gasteiger partial charge in [-0.15, -0.1) is 0 Å². The highest BCUT2D eigenvalue weighted by Crippen LogP contribution is 2.15. The largest absolute Gasteiger partial charge is 0.496 e. The van der Waals surface area contributed by atoms with Gasteiger partial charge in [-0.2, -0.15) is 13.2 Å². The van der Waals surface area contributed by atoms with Gasteiger partial charge in [0.1, 0.15) is 5.75 Å². The quantitative estimate of drug-likeness (QED) is 0.648. The molecule has 7 heteroatoms. The number of rotatable bonds is 5. The van der Waals surface area contributed by atoms with Gasteiger partial charge in [0.2, 0.25) is 0 Å². The smallest absolute Gasteiger partial charge is 0.494 e. The van der Waals surface area contributed by atoms with Crippen LogP contribution in [-0.4, -0.2) is 18.8 Å². The van der Waals surface area contributed by atoms with E-state index in [1.807, 2.05) is 6.92 Å². The molecule has 0 aliphatic carbocycles. The van der Waals surface area contributed by atoms with E-state index < -0.39 is 32.4 Å². The molecule has 0 aromatic heterocycles. The van der Waals surface area contributed by atoms with Gasteiger partial charge in [-0.1, -0.05) is 18.2 Å². The first-order chi connectivity index (χ1) is 10.9. The van der Waals surface area contributed by atoms with Crippen LogP contribution in [0, 0.1) is 7.14 Å². The molecule has 0 amide bonds. The van der Waals surface area contributed by atoms with Crippen LogP contribution in [0.3, 0.4) is 0 Å². The molecule has 0 bridgehead atoms. The van der Waals surface area contributed by atoms with Crippen LogP contribution >= 0.6 is 0 Å². The van der Waals surface area contributed by atoms with Crippen LogP contribution in [0.5, 0.6) is 5.75 Å². The monoisotopic (exact) mass is 438 g/mol. The highest BCUT2D eigenvalue weighted by atomic mass is 127. The zero-order valence-corrected chi connectivity index (χ0v) is 14.3. The van der Waals surface area contributed by atoms with Gasteiger partial charge in [-0.05, 0) is 43.3 Å². The molecular weight excluding hydrogens is 424 g/mol. The Kier molecular flexibility index (Phi) is 5.86. The minimum Gasteiger partial charge on any atom is -0.494 e. The molecule has 123 valence electrons. The number of carbonyl (C=O) groups excluding carboxylic acids is 1. The van der Waals surface area contributed by atoms with Crippen molar-refractivity contribution < 1.29 is 46.0 Å². The van der Waals surface area contributed by atoms with Gasteiger partial charge in [0.05, 0.1) is 6.61 Å². The molecule has 1 radical (unpaired) electrons. The lowest BCUT2D eigenvalue weighted by Crippen LogP contribution is -3.85. The van der Waals surface area contributed by atoms with Gasteiger partial charge in [0.15, 0.2) is 7.14 Å². The van der Waals surface area contributed by atoms with Gasteiger partial charge >= 0.3 is 32.4 Å². The van der Waals surface area contributed by atoms with E-state index in [-0.39, 0.29) is 0 Å². The molecule has 23 heavy (non-hydrogen) atoms. The molecule has 0 saturated carbocycles. The second-order valence-corrected chi connectivity index (χ2v) is 8.65. The molecule has 3 nitrogen and oxygen atoms in total. The third-order valence-electron chi connectivity index (χ3n) is 2.63. The van der Waals surface area contributed by atoms with Crippen molar-refractivity contribution in [2.45, 2.75) is 13.1 Å². The van der Waals surface area contributed by atoms with E-state index in [1.54, 1.807) is 54.6 Å². The standard InChI is InChI=1S/C16H14F3IO3/c1-2-22-14-10-8-13(9-11-14)20(12-6-4-3-5-7-12)23-15(21)16(17,18)19/h3-11H,2H2,1H3/q+1. The topological polar surface area (TPSA) is 35.5 Å². The maximum atomic E-state index is 12.5. The highest BCUT2D eigenvalue weighted by Gasteiger charge is 2.48. The molecule has 0 spiro atoms. The van der Waals surface area contributed by atoms with E-state index >= 15 is 0 Å². The van der Waals surface area contributed by atoms with Crippen molar-refractivity contribution in [1.82, 2.24) is 0 Å². The Hall–Kier alpha value is -1.77. The summed E-state index contributed by atoms with van der Waals surface area (Å²) in [6.45, 7) is 2.32. The molecule has 0 heterocycles. The van der Waals surface area contributed by atoms with Gasteiger partial charge in [0, 0.05) is 0 Å². The first-order valence-electron chi connectivity index (χ1n) is 6.69. The lowest BCUT2D eigenvalue weighted by atomic mass is 10.3. The third-order valence-corrected chi connectivity index (χ3v) is 7.17. The zero-order chi connectivity index (χ0) is 16.9. The molecule has 0 aliphatic heterocycles. The first kappa shape index (κ1) is 17.6. The summed E-state index contributed by atoms with van der Waals surface area (Å²) in [5, 5.41) is 0. The average Bonchev–Trinajstić information content (AvgIpc) is 2.53. The van der Waals surface area contributed by atoms with Gasteiger partial charge in [0.25, 0.3) is 0 Å². The van der Waals surface area contributed by atoms with E-state index in [4.69, 9.17) is 7.80 Å². The summed E-state index contributed by atoms with van der Waals surface area (Å²) in [7, 11) is 0. The van der Waals surface area contributed by atoms with Crippen LogP contribution in [0.4, 0.5) is 13.2 Å². The molecule has 0 saturated heterocycles. The summed E-state index contributed by atoms with van der Waals surface area (Å²) < 4.78 is 49.0. The van der Waals surface area contributed by atoms with Crippen molar-refractivity contribution in [3.05, 3.63) is 61.7 Å². The zero-order valence-electron chi connectivity index (χ0n) is 12.1. The lowest BCUT2D eigenvalue weighted by molar-refractivity contribution is -1.04. The van der Waals surface area contributed by atoms with Crippen LogP contribution in [0.15, 0.2) is 54.6 Å². The maximum Gasteiger partial charge on any atom is 0.496 e. The summed E-state index contributed by atoms with van der Waals surface area (Å²) >= 11 is -2.98. The SMILES string of the molecule is CCOc1ccc([I+](OC(=O)C(F)(F)F)c2ccccc2)cc1. The molecule has 2 aromatic rings. The van der Waals surface area contributed by atoms with Crippen LogP contribution in [0.1, 0.15) is 6.92 Å². The number of hydrogen-bond donors (Lipinski definition) is 0. The Morgan fingerprint density at radius 1 is 1.00 bits per heavy atom. The van der Waals surface area contributed by atoms with Crippen LogP contribution < -0.4 is 25.0 Å². The number of carbonyl (C=O) groups is 1. The predicted molar refractivity (Wildman–Crippen MR) is 73.6 cm³/mol. The normalized spacial score (nSPS) is 11.3. The number of halogens is 4. The Bertz CT molecular complexity index is 642. The summed E-state index contributed by atoms with van der Waals surface area (Å²) in [6, 6.07) is 15.1. The molecule has 0 N–H and O–H groups in total. The number of ether oxygens (including phenoxy) is 1. The summed E-state index contributed by atoms with van der Waals surface area (Å²) in [5.41, 5.74) is 0. The minimum atomic E-state index is -5.00.